The van der Waals surface area contributed by atoms with Crippen molar-refractivity contribution in [2.75, 3.05) is 5.32 Å². The molecule has 3 aromatic rings. The quantitative estimate of drug-likeness (QED) is 0.713. The Morgan fingerprint density at radius 1 is 1.19 bits per heavy atom. The zero-order chi connectivity index (χ0) is 18.5. The second kappa shape index (κ2) is 7.81. The number of hydrogen-bond donors (Lipinski definition) is 2. The van der Waals surface area contributed by atoms with Gasteiger partial charge in [-0.1, -0.05) is 19.9 Å². The first kappa shape index (κ1) is 17.7. The van der Waals surface area contributed by atoms with Crippen LogP contribution in [0.5, 0.6) is 0 Å². The summed E-state index contributed by atoms with van der Waals surface area (Å²) in [4.78, 5) is 12.6. The molecule has 8 nitrogen and oxygen atoms in total. The molecule has 2 heterocycles. The van der Waals surface area contributed by atoms with E-state index in [0.717, 1.165) is 35.5 Å². The van der Waals surface area contributed by atoms with Gasteiger partial charge in [-0.05, 0) is 36.6 Å². The molecular formula is C18H23N7O. The maximum Gasteiger partial charge on any atom is 0.319 e. The molecular weight excluding hydrogens is 330 g/mol. The van der Waals surface area contributed by atoms with Crippen LogP contribution in [0.4, 0.5) is 10.5 Å². The Morgan fingerprint density at radius 2 is 1.96 bits per heavy atom. The van der Waals surface area contributed by atoms with E-state index >= 15 is 0 Å². The number of aromatic nitrogens is 5. The van der Waals surface area contributed by atoms with Crippen LogP contribution in [-0.2, 0) is 13.5 Å². The molecule has 0 saturated heterocycles. The lowest BCUT2D eigenvalue weighted by molar-refractivity contribution is 0.247. The van der Waals surface area contributed by atoms with Crippen LogP contribution < -0.4 is 10.6 Å². The van der Waals surface area contributed by atoms with E-state index in [0.29, 0.717) is 0 Å². The molecule has 0 radical (unpaired) electrons. The molecule has 0 bridgehead atoms. The minimum atomic E-state index is -0.242. The highest BCUT2D eigenvalue weighted by molar-refractivity contribution is 5.90. The van der Waals surface area contributed by atoms with Gasteiger partial charge in [-0.25, -0.2) is 4.79 Å². The second-order valence-corrected chi connectivity index (χ2v) is 6.00. The summed E-state index contributed by atoms with van der Waals surface area (Å²) < 4.78 is 3.57. The number of hydrogen-bond acceptors (Lipinski definition) is 4. The third kappa shape index (κ3) is 3.74. The van der Waals surface area contributed by atoms with Crippen LogP contribution in [0.15, 0.2) is 43.1 Å². The van der Waals surface area contributed by atoms with Gasteiger partial charge in [0.15, 0.2) is 0 Å². The molecule has 0 unspecified atom stereocenters. The highest BCUT2D eigenvalue weighted by Gasteiger charge is 2.16. The average Bonchev–Trinajstić information content (AvgIpc) is 3.31. The molecule has 2 N–H and O–H groups in total. The number of carbonyl (C=O) groups excluding carboxylic acids is 1. The molecule has 0 aliphatic heterocycles. The Kier molecular flexibility index (Phi) is 5.31. The Labute approximate surface area is 152 Å². The van der Waals surface area contributed by atoms with E-state index in [1.54, 1.807) is 28.1 Å². The number of amides is 2. The Morgan fingerprint density at radius 3 is 2.58 bits per heavy atom. The smallest absolute Gasteiger partial charge is 0.319 e. The van der Waals surface area contributed by atoms with Crippen molar-refractivity contribution < 1.29 is 4.79 Å². The molecule has 3 rings (SSSR count). The summed E-state index contributed by atoms with van der Waals surface area (Å²) in [6.45, 7) is 4.09. The van der Waals surface area contributed by atoms with Crippen molar-refractivity contribution in [3.05, 3.63) is 54.4 Å². The predicted molar refractivity (Wildman–Crippen MR) is 99.1 cm³/mol. The lowest BCUT2D eigenvalue weighted by Crippen LogP contribution is -2.33. The number of urea groups is 1. The highest BCUT2D eigenvalue weighted by Crippen LogP contribution is 2.22. The van der Waals surface area contributed by atoms with Crippen LogP contribution in [0, 0.1) is 0 Å². The average molecular weight is 353 g/mol. The minimum absolute atomic E-state index is 0.103. The van der Waals surface area contributed by atoms with E-state index in [1.165, 1.54) is 0 Å². The number of carbonyl (C=O) groups is 1. The van der Waals surface area contributed by atoms with Gasteiger partial charge < -0.3 is 10.6 Å². The van der Waals surface area contributed by atoms with Crippen molar-refractivity contribution in [1.82, 2.24) is 29.9 Å². The number of nitrogens with zero attached hydrogens (tertiary/aromatic N) is 5. The predicted octanol–water partition coefficient (Wildman–Crippen LogP) is 2.84. The van der Waals surface area contributed by atoms with Gasteiger partial charge in [-0.2, -0.15) is 5.10 Å². The molecule has 2 amide bonds. The van der Waals surface area contributed by atoms with Crippen LogP contribution in [0.2, 0.25) is 0 Å². The third-order valence-electron chi connectivity index (χ3n) is 4.37. The summed E-state index contributed by atoms with van der Waals surface area (Å²) in [6, 6.07) is 7.48. The standard InChI is InChI=1S/C18H23N7O/c1-4-13-6-7-14(25-11-19-20-12-25)10-16(13)23-18(26)22-15(5-2)17-8-9-21-24(17)3/h6-12,15H,4-5H2,1-3H3,(H2,22,23,26)/t15-/m0/s1. The minimum Gasteiger partial charge on any atom is -0.330 e. The van der Waals surface area contributed by atoms with Crippen molar-refractivity contribution in [1.29, 1.82) is 0 Å². The van der Waals surface area contributed by atoms with Gasteiger partial charge in [0.1, 0.15) is 12.7 Å². The van der Waals surface area contributed by atoms with Crippen molar-refractivity contribution in [2.45, 2.75) is 32.7 Å². The molecule has 26 heavy (non-hydrogen) atoms. The molecule has 0 fully saturated rings. The second-order valence-electron chi connectivity index (χ2n) is 6.00. The lowest BCUT2D eigenvalue weighted by Gasteiger charge is -2.19. The summed E-state index contributed by atoms with van der Waals surface area (Å²) in [5.41, 5.74) is 3.69. The number of aryl methyl sites for hydroxylation is 2. The van der Waals surface area contributed by atoms with Crippen molar-refractivity contribution in [3.8, 4) is 5.69 Å². The van der Waals surface area contributed by atoms with Gasteiger partial charge in [-0.3, -0.25) is 9.25 Å². The van der Waals surface area contributed by atoms with Crippen LogP contribution in [0.25, 0.3) is 5.69 Å². The van der Waals surface area contributed by atoms with E-state index in [4.69, 9.17) is 0 Å². The van der Waals surface area contributed by atoms with Crippen LogP contribution in [0.3, 0.4) is 0 Å². The molecule has 0 aliphatic carbocycles. The number of rotatable bonds is 6. The van der Waals surface area contributed by atoms with Gasteiger partial charge in [0, 0.05) is 18.9 Å². The first-order valence-electron chi connectivity index (χ1n) is 8.65. The lowest BCUT2D eigenvalue weighted by atomic mass is 10.1. The maximum absolute atomic E-state index is 12.6. The zero-order valence-corrected chi connectivity index (χ0v) is 15.2. The first-order chi connectivity index (χ1) is 12.6. The zero-order valence-electron chi connectivity index (χ0n) is 15.2. The highest BCUT2D eigenvalue weighted by atomic mass is 16.2. The fraction of sp³-hybridized carbons (Fsp3) is 0.333. The normalized spacial score (nSPS) is 12.0. The molecule has 1 aromatic carbocycles. The molecule has 2 aromatic heterocycles. The first-order valence-corrected chi connectivity index (χ1v) is 8.65. The Balaban J connectivity index is 1.77. The topological polar surface area (TPSA) is 89.7 Å². The van der Waals surface area contributed by atoms with Crippen LogP contribution in [0.1, 0.15) is 37.6 Å². The summed E-state index contributed by atoms with van der Waals surface area (Å²) >= 11 is 0. The van der Waals surface area contributed by atoms with E-state index in [1.807, 2.05) is 38.2 Å². The molecule has 8 heteroatoms. The summed E-state index contributed by atoms with van der Waals surface area (Å²) in [7, 11) is 1.87. The largest absolute Gasteiger partial charge is 0.330 e. The van der Waals surface area contributed by atoms with E-state index in [-0.39, 0.29) is 12.1 Å². The van der Waals surface area contributed by atoms with E-state index < -0.39 is 0 Å². The van der Waals surface area contributed by atoms with Crippen LogP contribution >= 0.6 is 0 Å². The van der Waals surface area contributed by atoms with Gasteiger partial charge in [-0.15, -0.1) is 10.2 Å². The number of anilines is 1. The maximum atomic E-state index is 12.6. The van der Waals surface area contributed by atoms with Crippen molar-refractivity contribution in [2.24, 2.45) is 7.05 Å². The van der Waals surface area contributed by atoms with Gasteiger partial charge in [0.05, 0.1) is 17.4 Å². The molecule has 0 aliphatic rings. The fourth-order valence-electron chi connectivity index (χ4n) is 2.91. The Bertz CT molecular complexity index is 870. The van der Waals surface area contributed by atoms with Crippen molar-refractivity contribution in [3.63, 3.8) is 0 Å². The van der Waals surface area contributed by atoms with Crippen molar-refractivity contribution >= 4 is 11.7 Å². The van der Waals surface area contributed by atoms with Crippen LogP contribution in [-0.4, -0.2) is 30.6 Å². The van der Waals surface area contributed by atoms with Gasteiger partial charge >= 0.3 is 6.03 Å². The van der Waals surface area contributed by atoms with E-state index in [9.17, 15) is 4.79 Å². The summed E-state index contributed by atoms with van der Waals surface area (Å²) in [5, 5.41) is 17.8. The monoisotopic (exact) mass is 353 g/mol. The Hall–Kier alpha value is -3.16. The summed E-state index contributed by atoms with van der Waals surface area (Å²) in [6.07, 6.45) is 6.57. The SMILES string of the molecule is CCc1ccc(-n2cnnc2)cc1NC(=O)N[C@@H](CC)c1ccnn1C. The van der Waals surface area contributed by atoms with E-state index in [2.05, 4.69) is 32.9 Å². The third-order valence-corrected chi connectivity index (χ3v) is 4.37. The van der Waals surface area contributed by atoms with Gasteiger partial charge in [0.25, 0.3) is 0 Å². The molecule has 1 atom stereocenters. The number of benzene rings is 1. The molecule has 0 spiro atoms. The van der Waals surface area contributed by atoms with Gasteiger partial charge in [0.2, 0.25) is 0 Å². The fourth-order valence-corrected chi connectivity index (χ4v) is 2.91. The molecule has 136 valence electrons. The summed E-state index contributed by atoms with van der Waals surface area (Å²) in [5.74, 6) is 0. The number of nitrogens with one attached hydrogen (secondary N) is 2. The molecule has 0 saturated carbocycles.